The molecule has 1 heterocycles. The number of pyridine rings is 1. The molecule has 0 saturated carbocycles. The lowest BCUT2D eigenvalue weighted by Gasteiger charge is -2.18. The van der Waals surface area contributed by atoms with Gasteiger partial charge in [-0.2, -0.15) is 0 Å². The van der Waals surface area contributed by atoms with E-state index < -0.39 is 0 Å². The Hall–Kier alpha value is -2.30. The van der Waals surface area contributed by atoms with Gasteiger partial charge in [0.05, 0.1) is 11.6 Å². The fourth-order valence-corrected chi connectivity index (χ4v) is 2.56. The molecule has 1 aromatic heterocycles. The van der Waals surface area contributed by atoms with Crippen molar-refractivity contribution in [2.75, 3.05) is 0 Å². The van der Waals surface area contributed by atoms with Crippen LogP contribution in [0.1, 0.15) is 17.2 Å². The molecular formula is C17H16FN3. The van der Waals surface area contributed by atoms with Gasteiger partial charge < -0.3 is 0 Å². The third-order valence-corrected chi connectivity index (χ3v) is 3.64. The quantitative estimate of drug-likeness (QED) is 0.570. The first kappa shape index (κ1) is 13.7. The number of hydrogen-bond donors (Lipinski definition) is 2. The summed E-state index contributed by atoms with van der Waals surface area (Å²) in [4.78, 5) is 4.34. The maximum atomic E-state index is 13.8. The van der Waals surface area contributed by atoms with E-state index in [0.29, 0.717) is 12.0 Å². The van der Waals surface area contributed by atoms with Crippen LogP contribution < -0.4 is 11.3 Å². The summed E-state index contributed by atoms with van der Waals surface area (Å²) < 4.78 is 13.8. The molecule has 1 atom stereocenters. The Labute approximate surface area is 122 Å². The summed E-state index contributed by atoms with van der Waals surface area (Å²) in [7, 11) is 0. The predicted molar refractivity (Wildman–Crippen MR) is 81.9 cm³/mol. The molecule has 0 spiro atoms. The van der Waals surface area contributed by atoms with E-state index in [9.17, 15) is 4.39 Å². The summed E-state index contributed by atoms with van der Waals surface area (Å²) in [6.45, 7) is 0. The summed E-state index contributed by atoms with van der Waals surface area (Å²) in [6, 6.07) is 16.4. The number of hydrogen-bond acceptors (Lipinski definition) is 3. The molecule has 21 heavy (non-hydrogen) atoms. The third-order valence-electron chi connectivity index (χ3n) is 3.64. The zero-order valence-corrected chi connectivity index (χ0v) is 11.5. The van der Waals surface area contributed by atoms with Crippen molar-refractivity contribution in [3.63, 3.8) is 0 Å². The molecule has 0 fully saturated rings. The lowest BCUT2D eigenvalue weighted by molar-refractivity contribution is 0.531. The second-order valence-corrected chi connectivity index (χ2v) is 4.93. The molecule has 0 aliphatic carbocycles. The molecule has 1 unspecified atom stereocenters. The lowest BCUT2D eigenvalue weighted by Crippen LogP contribution is -2.30. The molecule has 0 amide bonds. The second-order valence-electron chi connectivity index (χ2n) is 4.93. The highest BCUT2D eigenvalue weighted by molar-refractivity contribution is 5.82. The minimum Gasteiger partial charge on any atom is -0.271 e. The van der Waals surface area contributed by atoms with Gasteiger partial charge in [-0.1, -0.05) is 36.4 Å². The van der Waals surface area contributed by atoms with Gasteiger partial charge in [-0.25, -0.2) is 4.39 Å². The van der Waals surface area contributed by atoms with Crippen LogP contribution in [0.3, 0.4) is 0 Å². The monoisotopic (exact) mass is 281 g/mol. The van der Waals surface area contributed by atoms with E-state index in [0.717, 1.165) is 16.5 Å². The highest BCUT2D eigenvalue weighted by Gasteiger charge is 2.15. The second kappa shape index (κ2) is 5.99. The van der Waals surface area contributed by atoms with Crippen LogP contribution in [0.5, 0.6) is 0 Å². The number of halogens is 1. The highest BCUT2D eigenvalue weighted by atomic mass is 19.1. The molecule has 0 aliphatic rings. The Morgan fingerprint density at radius 3 is 2.62 bits per heavy atom. The fourth-order valence-electron chi connectivity index (χ4n) is 2.56. The van der Waals surface area contributed by atoms with E-state index in [1.165, 1.54) is 6.07 Å². The zero-order chi connectivity index (χ0) is 14.7. The van der Waals surface area contributed by atoms with Gasteiger partial charge in [0.1, 0.15) is 5.82 Å². The summed E-state index contributed by atoms with van der Waals surface area (Å²) in [5.41, 5.74) is 5.36. The molecule has 4 heteroatoms. The average molecular weight is 281 g/mol. The number of para-hydroxylation sites is 1. The highest BCUT2D eigenvalue weighted by Crippen LogP contribution is 2.25. The number of aromatic nitrogens is 1. The van der Waals surface area contributed by atoms with Crippen molar-refractivity contribution in [1.82, 2.24) is 10.4 Å². The van der Waals surface area contributed by atoms with Crippen molar-refractivity contribution in [3.05, 3.63) is 77.7 Å². The van der Waals surface area contributed by atoms with Crippen LogP contribution in [0.4, 0.5) is 4.39 Å². The molecule has 0 aliphatic heterocycles. The van der Waals surface area contributed by atoms with E-state index >= 15 is 0 Å². The number of hydrazine groups is 1. The first-order valence-electron chi connectivity index (χ1n) is 6.83. The van der Waals surface area contributed by atoms with Crippen LogP contribution in [-0.2, 0) is 6.42 Å². The first-order valence-corrected chi connectivity index (χ1v) is 6.83. The van der Waals surface area contributed by atoms with Crippen LogP contribution in [-0.4, -0.2) is 4.98 Å². The van der Waals surface area contributed by atoms with Crippen molar-refractivity contribution in [3.8, 4) is 0 Å². The maximum absolute atomic E-state index is 13.8. The lowest BCUT2D eigenvalue weighted by atomic mass is 9.96. The van der Waals surface area contributed by atoms with E-state index in [1.807, 2.05) is 36.4 Å². The minimum absolute atomic E-state index is 0.171. The summed E-state index contributed by atoms with van der Waals surface area (Å²) >= 11 is 0. The minimum atomic E-state index is -0.212. The van der Waals surface area contributed by atoms with Gasteiger partial charge in [-0.05, 0) is 35.7 Å². The van der Waals surface area contributed by atoms with Crippen molar-refractivity contribution in [2.24, 2.45) is 5.84 Å². The zero-order valence-electron chi connectivity index (χ0n) is 11.5. The van der Waals surface area contributed by atoms with Gasteiger partial charge in [0.15, 0.2) is 0 Å². The Morgan fingerprint density at radius 2 is 1.81 bits per heavy atom. The van der Waals surface area contributed by atoms with E-state index in [4.69, 9.17) is 5.84 Å². The smallest absolute Gasteiger partial charge is 0.126 e. The summed E-state index contributed by atoms with van der Waals surface area (Å²) in [5, 5.41) is 1.03. The topological polar surface area (TPSA) is 50.9 Å². The van der Waals surface area contributed by atoms with Crippen molar-refractivity contribution < 1.29 is 4.39 Å². The predicted octanol–water partition coefficient (Wildman–Crippen LogP) is 3.12. The van der Waals surface area contributed by atoms with E-state index in [-0.39, 0.29) is 11.9 Å². The van der Waals surface area contributed by atoms with Crippen LogP contribution in [0.15, 0.2) is 60.8 Å². The SMILES string of the molecule is NNC(Cc1ccccc1F)c1ccnc2ccccc12. The van der Waals surface area contributed by atoms with Crippen molar-refractivity contribution in [1.29, 1.82) is 0 Å². The van der Waals surface area contributed by atoms with Crippen LogP contribution in [0.25, 0.3) is 10.9 Å². The number of nitrogens with zero attached hydrogens (tertiary/aromatic N) is 1. The Morgan fingerprint density at radius 1 is 1.05 bits per heavy atom. The van der Waals surface area contributed by atoms with Gasteiger partial charge in [0, 0.05) is 11.6 Å². The number of nitrogens with two attached hydrogens (primary N) is 1. The number of benzene rings is 2. The van der Waals surface area contributed by atoms with E-state index in [1.54, 1.807) is 18.3 Å². The molecule has 3 N–H and O–H groups in total. The maximum Gasteiger partial charge on any atom is 0.126 e. The molecular weight excluding hydrogens is 265 g/mol. The molecule has 0 radical (unpaired) electrons. The van der Waals surface area contributed by atoms with Gasteiger partial charge in [0.2, 0.25) is 0 Å². The average Bonchev–Trinajstić information content (AvgIpc) is 2.54. The first-order chi connectivity index (χ1) is 10.3. The molecule has 106 valence electrons. The molecule has 3 aromatic rings. The largest absolute Gasteiger partial charge is 0.271 e. The standard InChI is InChI=1S/C17H16FN3/c18-15-7-3-1-5-12(15)11-17(21-19)14-9-10-20-16-8-4-2-6-13(14)16/h1-10,17,21H,11,19H2. The molecule has 0 bridgehead atoms. The van der Waals surface area contributed by atoms with Crippen LogP contribution in [0, 0.1) is 5.82 Å². The van der Waals surface area contributed by atoms with Gasteiger partial charge in [-0.3, -0.25) is 16.3 Å². The number of rotatable bonds is 4. The molecule has 2 aromatic carbocycles. The van der Waals surface area contributed by atoms with Gasteiger partial charge in [0.25, 0.3) is 0 Å². The normalized spacial score (nSPS) is 12.5. The van der Waals surface area contributed by atoms with Crippen LogP contribution in [0.2, 0.25) is 0 Å². The van der Waals surface area contributed by atoms with Crippen molar-refractivity contribution >= 4 is 10.9 Å². The number of fused-ring (bicyclic) bond motifs is 1. The van der Waals surface area contributed by atoms with E-state index in [2.05, 4.69) is 10.4 Å². The Bertz CT molecular complexity index is 752. The van der Waals surface area contributed by atoms with Gasteiger partial charge in [-0.15, -0.1) is 0 Å². The molecule has 0 saturated heterocycles. The summed E-state index contributed by atoms with van der Waals surface area (Å²) in [6.07, 6.45) is 2.24. The van der Waals surface area contributed by atoms with Crippen molar-refractivity contribution in [2.45, 2.75) is 12.5 Å². The fraction of sp³-hybridized carbons (Fsp3) is 0.118. The Kier molecular flexibility index (Phi) is 3.90. The van der Waals surface area contributed by atoms with Crippen LogP contribution >= 0.6 is 0 Å². The Balaban J connectivity index is 2.01. The molecule has 3 nitrogen and oxygen atoms in total. The molecule has 3 rings (SSSR count). The third kappa shape index (κ3) is 2.77. The van der Waals surface area contributed by atoms with Gasteiger partial charge >= 0.3 is 0 Å². The summed E-state index contributed by atoms with van der Waals surface area (Å²) in [5.74, 6) is 5.49. The number of nitrogens with one attached hydrogen (secondary N) is 1.